The van der Waals surface area contributed by atoms with E-state index in [-0.39, 0.29) is 12.1 Å². The number of nitrogens with zero attached hydrogens (tertiary/aromatic N) is 2. The lowest BCUT2D eigenvalue weighted by molar-refractivity contribution is 0.0347. The molecule has 1 aromatic heterocycles. The van der Waals surface area contributed by atoms with Crippen molar-refractivity contribution in [3.05, 3.63) is 59.5 Å². The van der Waals surface area contributed by atoms with E-state index in [1.165, 1.54) is 11.1 Å². The number of benzene rings is 1. The molecule has 1 aliphatic rings. The molecule has 2 heterocycles. The highest BCUT2D eigenvalue weighted by molar-refractivity contribution is 5.80. The maximum atomic E-state index is 5.93. The Labute approximate surface area is 185 Å². The summed E-state index contributed by atoms with van der Waals surface area (Å²) in [5, 5.41) is 6.79. The number of nitrogens with one attached hydrogen (secondary N) is 2. The molecule has 7 heteroatoms. The van der Waals surface area contributed by atoms with Crippen LogP contribution in [-0.4, -0.2) is 56.4 Å². The molecule has 2 atom stereocenters. The average molecular weight is 429 g/mol. The maximum Gasteiger partial charge on any atom is 0.191 e. The van der Waals surface area contributed by atoms with Gasteiger partial charge in [-0.3, -0.25) is 4.90 Å². The minimum absolute atomic E-state index is 0.160. The van der Waals surface area contributed by atoms with Gasteiger partial charge in [0.25, 0.3) is 0 Å². The zero-order valence-corrected chi connectivity index (χ0v) is 19.0. The molecule has 7 nitrogen and oxygen atoms in total. The van der Waals surface area contributed by atoms with Crippen LogP contribution in [0, 0.1) is 0 Å². The summed E-state index contributed by atoms with van der Waals surface area (Å²) in [6, 6.07) is 12.6. The van der Waals surface area contributed by atoms with Crippen LogP contribution in [0.4, 0.5) is 0 Å². The van der Waals surface area contributed by atoms with E-state index in [1.807, 2.05) is 12.1 Å². The molecule has 1 fully saturated rings. The number of ether oxygens (including phenoxy) is 2. The first-order valence-corrected chi connectivity index (χ1v) is 11.2. The van der Waals surface area contributed by atoms with Crippen LogP contribution < -0.4 is 10.6 Å². The summed E-state index contributed by atoms with van der Waals surface area (Å²) < 4.78 is 16.8. The zero-order chi connectivity index (χ0) is 21.9. The summed E-state index contributed by atoms with van der Waals surface area (Å²) in [6.07, 6.45) is 2.91. The lowest BCUT2D eigenvalue weighted by atomic mass is 10.1. The molecule has 0 bridgehead atoms. The van der Waals surface area contributed by atoms with Crippen LogP contribution in [0.1, 0.15) is 37.2 Å². The Kier molecular flexibility index (Phi) is 9.39. The van der Waals surface area contributed by atoms with Gasteiger partial charge in [-0.25, -0.2) is 4.99 Å². The Morgan fingerprint density at radius 1 is 1.23 bits per heavy atom. The van der Waals surface area contributed by atoms with Crippen molar-refractivity contribution in [1.29, 1.82) is 0 Å². The topological polar surface area (TPSA) is 71.3 Å². The minimum atomic E-state index is 0.160. The SMILES string of the molecule is CCNC(=NCc1ccccc1CN(C)Cc1ccco1)NC(C)COC1CCOC1. The molecule has 0 saturated carbocycles. The monoisotopic (exact) mass is 428 g/mol. The van der Waals surface area contributed by atoms with Crippen molar-refractivity contribution in [2.45, 2.75) is 52.0 Å². The molecule has 0 radical (unpaired) electrons. The third kappa shape index (κ3) is 8.01. The van der Waals surface area contributed by atoms with Gasteiger partial charge < -0.3 is 24.5 Å². The van der Waals surface area contributed by atoms with Crippen LogP contribution in [0.15, 0.2) is 52.1 Å². The molecule has 1 aromatic carbocycles. The molecule has 170 valence electrons. The molecule has 3 rings (SSSR count). The van der Waals surface area contributed by atoms with E-state index < -0.39 is 0 Å². The number of guanidine groups is 1. The van der Waals surface area contributed by atoms with Crippen molar-refractivity contribution in [3.8, 4) is 0 Å². The number of aliphatic imine (C=N–C) groups is 1. The van der Waals surface area contributed by atoms with Crippen molar-refractivity contribution < 1.29 is 13.9 Å². The van der Waals surface area contributed by atoms with E-state index in [9.17, 15) is 0 Å². The second kappa shape index (κ2) is 12.5. The van der Waals surface area contributed by atoms with Crippen LogP contribution in [0.25, 0.3) is 0 Å². The van der Waals surface area contributed by atoms with Gasteiger partial charge in [-0.2, -0.15) is 0 Å². The first-order valence-electron chi connectivity index (χ1n) is 11.2. The first-order chi connectivity index (χ1) is 15.1. The Balaban J connectivity index is 1.55. The first kappa shape index (κ1) is 23.3. The average Bonchev–Trinajstić information content (AvgIpc) is 3.46. The Morgan fingerprint density at radius 3 is 2.77 bits per heavy atom. The van der Waals surface area contributed by atoms with Crippen LogP contribution in [0.5, 0.6) is 0 Å². The maximum absolute atomic E-state index is 5.93. The van der Waals surface area contributed by atoms with Crippen molar-refractivity contribution in [2.75, 3.05) is 33.4 Å². The summed E-state index contributed by atoms with van der Waals surface area (Å²) in [6.45, 7) is 9.35. The van der Waals surface area contributed by atoms with Crippen LogP contribution >= 0.6 is 0 Å². The lowest BCUT2D eigenvalue weighted by Gasteiger charge is -2.20. The summed E-state index contributed by atoms with van der Waals surface area (Å²) in [5.41, 5.74) is 2.49. The van der Waals surface area contributed by atoms with Crippen LogP contribution in [0.2, 0.25) is 0 Å². The van der Waals surface area contributed by atoms with E-state index in [4.69, 9.17) is 18.9 Å². The van der Waals surface area contributed by atoms with E-state index in [0.717, 1.165) is 44.4 Å². The second-order valence-corrected chi connectivity index (χ2v) is 8.08. The minimum Gasteiger partial charge on any atom is -0.468 e. The molecule has 2 unspecified atom stereocenters. The zero-order valence-electron chi connectivity index (χ0n) is 19.0. The normalized spacial score (nSPS) is 17.8. The third-order valence-corrected chi connectivity index (χ3v) is 5.17. The fourth-order valence-corrected chi connectivity index (χ4v) is 3.57. The van der Waals surface area contributed by atoms with Gasteiger partial charge in [0.05, 0.1) is 38.7 Å². The molecule has 31 heavy (non-hydrogen) atoms. The Morgan fingerprint density at radius 2 is 2.06 bits per heavy atom. The van der Waals surface area contributed by atoms with Gasteiger partial charge in [0.15, 0.2) is 5.96 Å². The highest BCUT2D eigenvalue weighted by atomic mass is 16.5. The predicted molar refractivity (Wildman–Crippen MR) is 123 cm³/mol. The standard InChI is InChI=1S/C24H36N4O3/c1-4-25-24(27-19(2)17-31-23-11-13-29-18-23)26-14-20-8-5-6-9-21(20)15-28(3)16-22-10-7-12-30-22/h5-10,12,19,23H,4,11,13-18H2,1-3H3,(H2,25,26,27). The van der Waals surface area contributed by atoms with E-state index >= 15 is 0 Å². The van der Waals surface area contributed by atoms with Gasteiger partial charge >= 0.3 is 0 Å². The van der Waals surface area contributed by atoms with E-state index in [2.05, 4.69) is 60.7 Å². The van der Waals surface area contributed by atoms with Gasteiger partial charge in [0.1, 0.15) is 5.76 Å². The second-order valence-electron chi connectivity index (χ2n) is 8.08. The molecule has 2 N–H and O–H groups in total. The van der Waals surface area contributed by atoms with Crippen molar-refractivity contribution in [2.24, 2.45) is 4.99 Å². The van der Waals surface area contributed by atoms with E-state index in [0.29, 0.717) is 19.8 Å². The van der Waals surface area contributed by atoms with Gasteiger partial charge in [0.2, 0.25) is 0 Å². The van der Waals surface area contributed by atoms with Gasteiger partial charge in [-0.15, -0.1) is 0 Å². The fourth-order valence-electron chi connectivity index (χ4n) is 3.57. The number of hydrogen-bond donors (Lipinski definition) is 2. The summed E-state index contributed by atoms with van der Waals surface area (Å²) in [5.74, 6) is 1.78. The van der Waals surface area contributed by atoms with Crippen molar-refractivity contribution in [1.82, 2.24) is 15.5 Å². The molecule has 0 aliphatic carbocycles. The highest BCUT2D eigenvalue weighted by Crippen LogP contribution is 2.14. The Bertz CT molecular complexity index is 788. The molecule has 1 saturated heterocycles. The summed E-state index contributed by atoms with van der Waals surface area (Å²) in [4.78, 5) is 7.07. The van der Waals surface area contributed by atoms with Gasteiger partial charge in [0, 0.05) is 25.7 Å². The Hall–Kier alpha value is -2.35. The number of hydrogen-bond acceptors (Lipinski definition) is 5. The largest absolute Gasteiger partial charge is 0.468 e. The molecule has 1 aliphatic heterocycles. The third-order valence-electron chi connectivity index (χ3n) is 5.17. The lowest BCUT2D eigenvalue weighted by Crippen LogP contribution is -2.44. The quantitative estimate of drug-likeness (QED) is 0.423. The van der Waals surface area contributed by atoms with Crippen LogP contribution in [0.3, 0.4) is 0 Å². The molecule has 0 spiro atoms. The van der Waals surface area contributed by atoms with Gasteiger partial charge in [-0.05, 0) is 50.6 Å². The number of rotatable bonds is 11. The van der Waals surface area contributed by atoms with Crippen molar-refractivity contribution >= 4 is 5.96 Å². The van der Waals surface area contributed by atoms with E-state index in [1.54, 1.807) is 6.26 Å². The molecule has 2 aromatic rings. The molecular formula is C24H36N4O3. The smallest absolute Gasteiger partial charge is 0.191 e. The number of furan rings is 1. The molecule has 0 amide bonds. The highest BCUT2D eigenvalue weighted by Gasteiger charge is 2.17. The van der Waals surface area contributed by atoms with Crippen LogP contribution in [-0.2, 0) is 29.1 Å². The molecular weight excluding hydrogens is 392 g/mol. The van der Waals surface area contributed by atoms with Gasteiger partial charge in [-0.1, -0.05) is 24.3 Å². The van der Waals surface area contributed by atoms with Crippen molar-refractivity contribution in [3.63, 3.8) is 0 Å². The summed E-state index contributed by atoms with van der Waals surface area (Å²) >= 11 is 0. The summed E-state index contributed by atoms with van der Waals surface area (Å²) in [7, 11) is 2.10. The fraction of sp³-hybridized carbons (Fsp3) is 0.542. The predicted octanol–water partition coefficient (Wildman–Crippen LogP) is 3.16.